The Labute approximate surface area is 102 Å². The summed E-state index contributed by atoms with van der Waals surface area (Å²) in [5, 5.41) is 9.11. The summed E-state index contributed by atoms with van der Waals surface area (Å²) >= 11 is 3.24. The minimum atomic E-state index is -0.731. The van der Waals surface area contributed by atoms with E-state index in [1.807, 2.05) is 17.0 Å². The van der Waals surface area contributed by atoms with Gasteiger partial charge in [-0.15, -0.1) is 0 Å². The van der Waals surface area contributed by atoms with E-state index in [1.54, 1.807) is 0 Å². The van der Waals surface area contributed by atoms with Crippen molar-refractivity contribution in [3.8, 4) is 0 Å². The Balaban J connectivity index is 2.03. The number of carboxylic acids is 1. The van der Waals surface area contributed by atoms with E-state index < -0.39 is 5.97 Å². The SMILES string of the molecule is O=C(O)C1CCCCN1Cc1ccc(Br)o1. The molecule has 0 aliphatic carbocycles. The Kier molecular flexibility index (Phi) is 3.66. The van der Waals surface area contributed by atoms with Crippen LogP contribution in [0, 0.1) is 0 Å². The first-order chi connectivity index (χ1) is 7.66. The number of aliphatic carboxylic acids is 1. The molecule has 0 bridgehead atoms. The summed E-state index contributed by atoms with van der Waals surface area (Å²) in [6, 6.07) is 3.34. The average molecular weight is 288 g/mol. The van der Waals surface area contributed by atoms with Gasteiger partial charge in [0.1, 0.15) is 11.8 Å². The zero-order valence-electron chi connectivity index (χ0n) is 8.86. The zero-order chi connectivity index (χ0) is 11.5. The van der Waals surface area contributed by atoms with Crippen molar-refractivity contribution in [2.45, 2.75) is 31.8 Å². The number of carboxylic acid groups (broad SMARTS) is 1. The molecule has 0 spiro atoms. The van der Waals surface area contributed by atoms with Crippen molar-refractivity contribution in [2.75, 3.05) is 6.54 Å². The number of carbonyl (C=O) groups is 1. The smallest absolute Gasteiger partial charge is 0.320 e. The van der Waals surface area contributed by atoms with Crippen molar-refractivity contribution in [1.82, 2.24) is 4.90 Å². The Morgan fingerprint density at radius 3 is 3.00 bits per heavy atom. The lowest BCUT2D eigenvalue weighted by Crippen LogP contribution is -2.43. The van der Waals surface area contributed by atoms with Crippen LogP contribution in [0.2, 0.25) is 0 Å². The van der Waals surface area contributed by atoms with E-state index in [9.17, 15) is 4.79 Å². The van der Waals surface area contributed by atoms with Gasteiger partial charge in [0.05, 0.1) is 6.54 Å². The predicted molar refractivity (Wildman–Crippen MR) is 62.1 cm³/mol. The monoisotopic (exact) mass is 287 g/mol. The van der Waals surface area contributed by atoms with Crippen LogP contribution in [0.15, 0.2) is 21.2 Å². The summed E-state index contributed by atoms with van der Waals surface area (Å²) < 4.78 is 6.08. The van der Waals surface area contributed by atoms with Crippen LogP contribution in [0.1, 0.15) is 25.0 Å². The maximum Gasteiger partial charge on any atom is 0.320 e. The first-order valence-corrected chi connectivity index (χ1v) is 6.17. The number of rotatable bonds is 3. The first-order valence-electron chi connectivity index (χ1n) is 5.38. The molecule has 0 aromatic carbocycles. The van der Waals surface area contributed by atoms with Gasteiger partial charge >= 0.3 is 5.97 Å². The van der Waals surface area contributed by atoms with Crippen LogP contribution in [-0.4, -0.2) is 28.6 Å². The molecule has 1 N–H and O–H groups in total. The van der Waals surface area contributed by atoms with E-state index in [0.717, 1.165) is 31.6 Å². The number of furan rings is 1. The van der Waals surface area contributed by atoms with Gasteiger partial charge in [0.2, 0.25) is 0 Å². The van der Waals surface area contributed by atoms with Crippen molar-refractivity contribution in [2.24, 2.45) is 0 Å². The van der Waals surface area contributed by atoms with Crippen LogP contribution in [0.3, 0.4) is 0 Å². The zero-order valence-corrected chi connectivity index (χ0v) is 10.4. The van der Waals surface area contributed by atoms with Crippen molar-refractivity contribution in [3.63, 3.8) is 0 Å². The van der Waals surface area contributed by atoms with E-state index in [4.69, 9.17) is 9.52 Å². The third kappa shape index (κ3) is 2.65. The summed E-state index contributed by atoms with van der Waals surface area (Å²) in [5.41, 5.74) is 0. The van der Waals surface area contributed by atoms with E-state index in [0.29, 0.717) is 11.2 Å². The van der Waals surface area contributed by atoms with Crippen molar-refractivity contribution >= 4 is 21.9 Å². The molecule has 1 aliphatic heterocycles. The van der Waals surface area contributed by atoms with Crippen LogP contribution in [0.25, 0.3) is 0 Å². The lowest BCUT2D eigenvalue weighted by molar-refractivity contribution is -0.145. The maximum absolute atomic E-state index is 11.1. The van der Waals surface area contributed by atoms with Gasteiger partial charge in [-0.2, -0.15) is 0 Å². The predicted octanol–water partition coefficient (Wildman–Crippen LogP) is 2.48. The fourth-order valence-corrected chi connectivity index (χ4v) is 2.44. The highest BCUT2D eigenvalue weighted by molar-refractivity contribution is 9.10. The quantitative estimate of drug-likeness (QED) is 0.928. The Hall–Kier alpha value is -0.810. The number of hydrogen-bond acceptors (Lipinski definition) is 3. The van der Waals surface area contributed by atoms with Gasteiger partial charge in [-0.05, 0) is 47.4 Å². The molecular formula is C11H14BrNO3. The highest BCUT2D eigenvalue weighted by Gasteiger charge is 2.28. The van der Waals surface area contributed by atoms with Gasteiger partial charge in [-0.3, -0.25) is 9.69 Å². The number of piperidine rings is 1. The highest BCUT2D eigenvalue weighted by atomic mass is 79.9. The first kappa shape index (κ1) is 11.7. The van der Waals surface area contributed by atoms with Crippen LogP contribution in [-0.2, 0) is 11.3 Å². The molecule has 0 radical (unpaired) electrons. The molecule has 1 aliphatic rings. The topological polar surface area (TPSA) is 53.7 Å². The summed E-state index contributed by atoms with van der Waals surface area (Å²) in [4.78, 5) is 13.0. The second kappa shape index (κ2) is 5.01. The van der Waals surface area contributed by atoms with Crippen molar-refractivity contribution < 1.29 is 14.3 Å². The molecule has 16 heavy (non-hydrogen) atoms. The number of likely N-dealkylation sites (tertiary alicyclic amines) is 1. The molecule has 1 atom stereocenters. The fourth-order valence-electron chi connectivity index (χ4n) is 2.10. The fraction of sp³-hybridized carbons (Fsp3) is 0.545. The Bertz CT molecular complexity index is 377. The summed E-state index contributed by atoms with van der Waals surface area (Å²) in [6.45, 7) is 1.40. The van der Waals surface area contributed by atoms with Gasteiger partial charge in [0.15, 0.2) is 4.67 Å². The van der Waals surface area contributed by atoms with Gasteiger partial charge < -0.3 is 9.52 Å². The van der Waals surface area contributed by atoms with Crippen LogP contribution < -0.4 is 0 Å². The third-order valence-electron chi connectivity index (χ3n) is 2.89. The molecule has 0 saturated carbocycles. The molecule has 1 aromatic heterocycles. The minimum Gasteiger partial charge on any atom is -0.480 e. The number of nitrogens with zero attached hydrogens (tertiary/aromatic N) is 1. The Morgan fingerprint density at radius 1 is 1.56 bits per heavy atom. The van der Waals surface area contributed by atoms with Gasteiger partial charge in [0.25, 0.3) is 0 Å². The molecule has 2 heterocycles. The number of halogens is 1. The third-order valence-corrected chi connectivity index (χ3v) is 3.31. The van der Waals surface area contributed by atoms with Gasteiger partial charge in [-0.1, -0.05) is 6.42 Å². The van der Waals surface area contributed by atoms with E-state index >= 15 is 0 Å². The van der Waals surface area contributed by atoms with Crippen LogP contribution in [0.4, 0.5) is 0 Å². The molecule has 1 fully saturated rings. The summed E-state index contributed by atoms with van der Waals surface area (Å²) in [6.07, 6.45) is 2.79. The second-order valence-electron chi connectivity index (χ2n) is 4.03. The van der Waals surface area contributed by atoms with Crippen LogP contribution >= 0.6 is 15.9 Å². The van der Waals surface area contributed by atoms with E-state index in [-0.39, 0.29) is 6.04 Å². The van der Waals surface area contributed by atoms with E-state index in [1.165, 1.54) is 0 Å². The largest absolute Gasteiger partial charge is 0.480 e. The van der Waals surface area contributed by atoms with Crippen molar-refractivity contribution in [3.05, 3.63) is 22.6 Å². The molecule has 88 valence electrons. The molecule has 2 rings (SSSR count). The molecule has 1 aromatic rings. The molecule has 1 saturated heterocycles. The molecule has 1 unspecified atom stereocenters. The Morgan fingerprint density at radius 2 is 2.38 bits per heavy atom. The normalized spacial score (nSPS) is 22.2. The standard InChI is InChI=1S/C11H14BrNO3/c12-10-5-4-8(16-10)7-13-6-2-1-3-9(13)11(14)15/h4-5,9H,1-3,6-7H2,(H,14,15). The van der Waals surface area contributed by atoms with Crippen LogP contribution in [0.5, 0.6) is 0 Å². The van der Waals surface area contributed by atoms with Crippen molar-refractivity contribution in [1.29, 1.82) is 0 Å². The lowest BCUT2D eigenvalue weighted by atomic mass is 10.0. The maximum atomic E-state index is 11.1. The lowest BCUT2D eigenvalue weighted by Gasteiger charge is -2.31. The molecule has 4 nitrogen and oxygen atoms in total. The molecule has 0 amide bonds. The van der Waals surface area contributed by atoms with E-state index in [2.05, 4.69) is 15.9 Å². The summed E-state index contributed by atoms with van der Waals surface area (Å²) in [7, 11) is 0. The molecule has 5 heteroatoms. The summed E-state index contributed by atoms with van der Waals surface area (Å²) in [5.74, 6) is 0.0744. The minimum absolute atomic E-state index is 0.363. The second-order valence-corrected chi connectivity index (χ2v) is 4.81. The highest BCUT2D eigenvalue weighted by Crippen LogP contribution is 2.22. The van der Waals surface area contributed by atoms with Gasteiger partial charge in [0, 0.05) is 0 Å². The van der Waals surface area contributed by atoms with Gasteiger partial charge in [-0.25, -0.2) is 0 Å². The molecular weight excluding hydrogens is 274 g/mol. The number of hydrogen-bond donors (Lipinski definition) is 1. The average Bonchev–Trinajstić information content (AvgIpc) is 2.64.